The van der Waals surface area contributed by atoms with Crippen LogP contribution in [0.1, 0.15) is 4.88 Å². The first kappa shape index (κ1) is 16.2. The molecule has 0 saturated carbocycles. The van der Waals surface area contributed by atoms with Crippen molar-refractivity contribution in [1.29, 1.82) is 0 Å². The quantitative estimate of drug-likeness (QED) is 0.784. The van der Waals surface area contributed by atoms with Crippen molar-refractivity contribution in [2.45, 2.75) is 21.4 Å². The van der Waals surface area contributed by atoms with Gasteiger partial charge in [0.2, 0.25) is 0 Å². The summed E-state index contributed by atoms with van der Waals surface area (Å²) in [5, 5.41) is 0. The number of sulfonamides is 1. The van der Waals surface area contributed by atoms with Crippen molar-refractivity contribution in [1.82, 2.24) is 0 Å². The predicted molar refractivity (Wildman–Crippen MR) is 81.3 cm³/mol. The van der Waals surface area contributed by atoms with Crippen molar-refractivity contribution in [2.24, 2.45) is 5.73 Å². The van der Waals surface area contributed by atoms with Gasteiger partial charge in [0.05, 0.1) is 5.69 Å². The molecule has 21 heavy (non-hydrogen) atoms. The maximum Gasteiger partial charge on any atom is 0.288 e. The summed E-state index contributed by atoms with van der Waals surface area (Å²) >= 11 is 1.34. The average Bonchev–Trinajstić information content (AvgIpc) is 2.90. The van der Waals surface area contributed by atoms with Crippen LogP contribution in [0.5, 0.6) is 0 Å². The number of rotatable bonds is 6. The molecule has 0 unspecified atom stereocenters. The Labute approximate surface area is 129 Å². The summed E-state index contributed by atoms with van der Waals surface area (Å²) in [4.78, 5) is 0.900. The molecule has 2 rings (SSSR count). The maximum absolute atomic E-state index is 12.5. The van der Waals surface area contributed by atoms with E-state index in [4.69, 9.17) is 5.73 Å². The zero-order chi connectivity index (χ0) is 15.5. The molecule has 0 saturated heterocycles. The van der Waals surface area contributed by atoms with E-state index in [0.29, 0.717) is 11.8 Å². The Morgan fingerprint density at radius 3 is 2.57 bits per heavy atom. The van der Waals surface area contributed by atoms with Crippen molar-refractivity contribution in [3.63, 3.8) is 0 Å². The van der Waals surface area contributed by atoms with E-state index in [0.717, 1.165) is 16.2 Å². The normalized spacial score (nSPS) is 11.8. The summed E-state index contributed by atoms with van der Waals surface area (Å²) in [6, 6.07) is 9.10. The molecule has 1 heterocycles. The number of thioether (sulfide) groups is 1. The molecule has 0 spiro atoms. The Balaban J connectivity index is 2.28. The number of halogens is 2. The third kappa shape index (κ3) is 4.16. The van der Waals surface area contributed by atoms with Crippen LogP contribution in [0, 0.1) is 0 Å². The van der Waals surface area contributed by atoms with Gasteiger partial charge >= 0.3 is 0 Å². The van der Waals surface area contributed by atoms with Crippen molar-refractivity contribution < 1.29 is 17.2 Å². The second-order valence-corrected chi connectivity index (χ2v) is 8.01. The number of nitrogens with one attached hydrogen (secondary N) is 1. The Morgan fingerprint density at radius 1 is 1.24 bits per heavy atom. The maximum atomic E-state index is 12.5. The summed E-state index contributed by atoms with van der Waals surface area (Å²) in [6.07, 6.45) is 0. The summed E-state index contributed by atoms with van der Waals surface area (Å²) in [5.74, 6) is -2.62. The molecule has 0 fully saturated rings. The van der Waals surface area contributed by atoms with E-state index < -0.39 is 15.8 Å². The zero-order valence-electron chi connectivity index (χ0n) is 10.6. The van der Waals surface area contributed by atoms with Gasteiger partial charge in [0.1, 0.15) is 4.21 Å². The van der Waals surface area contributed by atoms with E-state index in [-0.39, 0.29) is 21.3 Å². The molecule has 3 N–H and O–H groups in total. The minimum Gasteiger partial charge on any atom is -0.326 e. The molecule has 114 valence electrons. The molecule has 1 aromatic heterocycles. The lowest BCUT2D eigenvalue weighted by Gasteiger charge is -2.10. The summed E-state index contributed by atoms with van der Waals surface area (Å²) < 4.78 is 51.9. The smallest absolute Gasteiger partial charge is 0.288 e. The lowest BCUT2D eigenvalue weighted by Crippen LogP contribution is -2.12. The second-order valence-electron chi connectivity index (χ2n) is 3.91. The number of para-hydroxylation sites is 1. The highest BCUT2D eigenvalue weighted by Crippen LogP contribution is 2.33. The second kappa shape index (κ2) is 6.73. The van der Waals surface area contributed by atoms with E-state index in [1.807, 2.05) is 0 Å². The van der Waals surface area contributed by atoms with Gasteiger partial charge in [0, 0.05) is 16.3 Å². The monoisotopic (exact) mass is 350 g/mol. The number of alkyl halides is 2. The fraction of sp³-hybridized carbons (Fsp3) is 0.167. The SMILES string of the molecule is NCc1ccc(S(=O)(=O)Nc2ccccc2SC(F)F)s1. The topological polar surface area (TPSA) is 72.2 Å². The minimum atomic E-state index is -3.81. The molecule has 0 radical (unpaired) electrons. The molecule has 4 nitrogen and oxygen atoms in total. The molecule has 0 bridgehead atoms. The lowest BCUT2D eigenvalue weighted by molar-refractivity contribution is 0.252. The van der Waals surface area contributed by atoms with Crippen molar-refractivity contribution in [3.05, 3.63) is 41.3 Å². The lowest BCUT2D eigenvalue weighted by atomic mass is 10.3. The molecule has 0 aliphatic heterocycles. The number of anilines is 1. The Kier molecular flexibility index (Phi) is 5.20. The Bertz CT molecular complexity index is 717. The zero-order valence-corrected chi connectivity index (χ0v) is 13.1. The number of thiophene rings is 1. The van der Waals surface area contributed by atoms with Crippen LogP contribution >= 0.6 is 23.1 Å². The van der Waals surface area contributed by atoms with E-state index in [2.05, 4.69) is 4.72 Å². The van der Waals surface area contributed by atoms with Gasteiger partial charge in [-0.1, -0.05) is 23.9 Å². The van der Waals surface area contributed by atoms with Gasteiger partial charge in [0.25, 0.3) is 15.8 Å². The molecule has 2 aromatic rings. The number of hydrogen-bond acceptors (Lipinski definition) is 5. The summed E-state index contributed by atoms with van der Waals surface area (Å²) in [5.41, 5.74) is 5.58. The molecule has 1 aromatic carbocycles. The van der Waals surface area contributed by atoms with Crippen molar-refractivity contribution >= 4 is 38.8 Å². The standard InChI is InChI=1S/C12H12F2N2O2S3/c13-12(14)20-10-4-2-1-3-9(10)16-21(17,18)11-6-5-8(7-15)19-11/h1-6,12,16H,7,15H2. The number of benzene rings is 1. The van der Waals surface area contributed by atoms with Gasteiger partial charge in [0.15, 0.2) is 0 Å². The molecular weight excluding hydrogens is 338 g/mol. The Hall–Kier alpha value is -1.16. The van der Waals surface area contributed by atoms with Crippen LogP contribution < -0.4 is 10.5 Å². The van der Waals surface area contributed by atoms with E-state index >= 15 is 0 Å². The fourth-order valence-electron chi connectivity index (χ4n) is 1.56. The average molecular weight is 350 g/mol. The molecule has 0 amide bonds. The fourth-order valence-corrected chi connectivity index (χ4v) is 4.53. The van der Waals surface area contributed by atoms with Gasteiger partial charge in [-0.3, -0.25) is 4.72 Å². The van der Waals surface area contributed by atoms with Crippen LogP contribution in [-0.4, -0.2) is 14.2 Å². The highest BCUT2D eigenvalue weighted by Gasteiger charge is 2.19. The summed E-state index contributed by atoms with van der Waals surface area (Å²) in [6.45, 7) is 0.248. The third-order valence-corrected chi connectivity index (χ3v) is 6.20. The third-order valence-electron chi connectivity index (χ3n) is 2.45. The molecular formula is C12H12F2N2O2S3. The van der Waals surface area contributed by atoms with Gasteiger partial charge in [-0.05, 0) is 24.3 Å². The molecule has 9 heteroatoms. The van der Waals surface area contributed by atoms with Gasteiger partial charge in [-0.15, -0.1) is 11.3 Å². The summed E-state index contributed by atoms with van der Waals surface area (Å²) in [7, 11) is -3.81. The predicted octanol–water partition coefficient (Wildman–Crippen LogP) is 3.32. The highest BCUT2D eigenvalue weighted by atomic mass is 32.2. The van der Waals surface area contributed by atoms with Gasteiger partial charge < -0.3 is 5.73 Å². The number of nitrogens with two attached hydrogens (primary N) is 1. The van der Waals surface area contributed by atoms with Crippen LogP contribution in [0.4, 0.5) is 14.5 Å². The van der Waals surface area contributed by atoms with Crippen molar-refractivity contribution in [2.75, 3.05) is 4.72 Å². The van der Waals surface area contributed by atoms with Crippen LogP contribution in [0.25, 0.3) is 0 Å². The molecule has 0 aliphatic rings. The van der Waals surface area contributed by atoms with E-state index in [9.17, 15) is 17.2 Å². The van der Waals surface area contributed by atoms with Crippen molar-refractivity contribution in [3.8, 4) is 0 Å². The first-order chi connectivity index (χ1) is 9.92. The molecule has 0 aliphatic carbocycles. The largest absolute Gasteiger partial charge is 0.326 e. The van der Waals surface area contributed by atoms with E-state index in [1.165, 1.54) is 18.2 Å². The number of hydrogen-bond donors (Lipinski definition) is 2. The van der Waals surface area contributed by atoms with Crippen LogP contribution in [0.3, 0.4) is 0 Å². The van der Waals surface area contributed by atoms with Gasteiger partial charge in [-0.25, -0.2) is 8.42 Å². The minimum absolute atomic E-state index is 0.0970. The first-order valence-electron chi connectivity index (χ1n) is 5.78. The van der Waals surface area contributed by atoms with Crippen LogP contribution in [0.2, 0.25) is 0 Å². The van der Waals surface area contributed by atoms with E-state index in [1.54, 1.807) is 18.2 Å². The molecule has 0 atom stereocenters. The highest BCUT2D eigenvalue weighted by molar-refractivity contribution is 8.00. The van der Waals surface area contributed by atoms with Gasteiger partial charge in [-0.2, -0.15) is 8.78 Å². The van der Waals surface area contributed by atoms with Crippen LogP contribution in [-0.2, 0) is 16.6 Å². The van der Waals surface area contributed by atoms with Crippen LogP contribution in [0.15, 0.2) is 45.5 Å². The first-order valence-corrected chi connectivity index (χ1v) is 8.96. The Morgan fingerprint density at radius 2 is 1.95 bits per heavy atom.